The molecular weight excluding hydrogens is 226 g/mol. The average molecular weight is 247 g/mol. The number of ether oxygens (including phenoxy) is 1. The number of piperazine rings is 1. The number of nitrogens with two attached hydrogens (primary N) is 1. The summed E-state index contributed by atoms with van der Waals surface area (Å²) >= 11 is 0. The van der Waals surface area contributed by atoms with E-state index >= 15 is 0 Å². The highest BCUT2D eigenvalue weighted by Crippen LogP contribution is 2.23. The van der Waals surface area contributed by atoms with Crippen molar-refractivity contribution in [2.24, 2.45) is 0 Å². The van der Waals surface area contributed by atoms with Gasteiger partial charge in [0.15, 0.2) is 0 Å². The highest BCUT2D eigenvalue weighted by Gasteiger charge is 2.31. The lowest BCUT2D eigenvalue weighted by Gasteiger charge is -2.46. The van der Waals surface area contributed by atoms with Gasteiger partial charge in [-0.3, -0.25) is 4.90 Å². The fourth-order valence-corrected chi connectivity index (χ4v) is 2.80. The van der Waals surface area contributed by atoms with E-state index in [1.807, 2.05) is 12.1 Å². The van der Waals surface area contributed by atoms with Crippen LogP contribution in [0.25, 0.3) is 0 Å². The van der Waals surface area contributed by atoms with E-state index in [4.69, 9.17) is 10.5 Å². The van der Waals surface area contributed by atoms with Gasteiger partial charge in [0.05, 0.1) is 19.3 Å². The maximum absolute atomic E-state index is 5.74. The van der Waals surface area contributed by atoms with E-state index in [-0.39, 0.29) is 0 Å². The Morgan fingerprint density at radius 3 is 2.44 bits per heavy atom. The molecule has 1 aromatic rings. The number of nitrogens with zero attached hydrogens (tertiary/aromatic N) is 2. The highest BCUT2D eigenvalue weighted by molar-refractivity contribution is 5.54. The van der Waals surface area contributed by atoms with Crippen LogP contribution in [0.4, 0.5) is 11.4 Å². The smallest absolute Gasteiger partial charge is 0.0645 e. The van der Waals surface area contributed by atoms with Crippen LogP contribution in [-0.2, 0) is 4.74 Å². The number of hydrogen-bond acceptors (Lipinski definition) is 4. The van der Waals surface area contributed by atoms with Gasteiger partial charge in [0.25, 0.3) is 0 Å². The summed E-state index contributed by atoms with van der Waals surface area (Å²) in [5.41, 5.74) is 7.85. The van der Waals surface area contributed by atoms with Gasteiger partial charge in [-0.2, -0.15) is 0 Å². The molecule has 4 nitrogen and oxygen atoms in total. The van der Waals surface area contributed by atoms with E-state index in [0.29, 0.717) is 12.1 Å². The summed E-state index contributed by atoms with van der Waals surface area (Å²) in [5.74, 6) is 0. The van der Waals surface area contributed by atoms with Gasteiger partial charge >= 0.3 is 0 Å². The zero-order valence-electron chi connectivity index (χ0n) is 10.9. The lowest BCUT2D eigenvalue weighted by Crippen LogP contribution is -2.59. The minimum Gasteiger partial charge on any atom is -0.399 e. The Balaban J connectivity index is 1.66. The van der Waals surface area contributed by atoms with Crippen LogP contribution in [0.3, 0.4) is 0 Å². The van der Waals surface area contributed by atoms with Crippen LogP contribution in [0, 0.1) is 0 Å². The first-order valence-electron chi connectivity index (χ1n) is 6.68. The molecule has 2 N–H and O–H groups in total. The van der Waals surface area contributed by atoms with Gasteiger partial charge in [0.1, 0.15) is 0 Å². The Bertz CT molecular complexity index is 402. The predicted octanol–water partition coefficient (Wildman–Crippen LogP) is 1.18. The molecule has 2 aliphatic rings. The third-order valence-electron chi connectivity index (χ3n) is 4.02. The third kappa shape index (κ3) is 2.18. The number of rotatable bonds is 2. The number of benzene rings is 1. The summed E-state index contributed by atoms with van der Waals surface area (Å²) in [6.07, 6.45) is 0. The largest absolute Gasteiger partial charge is 0.399 e. The van der Waals surface area contributed by atoms with Gasteiger partial charge < -0.3 is 15.4 Å². The molecule has 2 heterocycles. The van der Waals surface area contributed by atoms with Crippen LogP contribution in [0.2, 0.25) is 0 Å². The molecule has 98 valence electrons. The number of nitrogen functional groups attached to an aromatic ring is 1. The van der Waals surface area contributed by atoms with E-state index in [2.05, 4.69) is 28.9 Å². The van der Waals surface area contributed by atoms with Crippen LogP contribution >= 0.6 is 0 Å². The average Bonchev–Trinajstić information content (AvgIpc) is 2.29. The zero-order valence-corrected chi connectivity index (χ0v) is 10.9. The van der Waals surface area contributed by atoms with E-state index in [1.165, 1.54) is 5.69 Å². The first-order valence-corrected chi connectivity index (χ1v) is 6.68. The summed E-state index contributed by atoms with van der Waals surface area (Å²) in [6.45, 7) is 7.45. The first kappa shape index (κ1) is 11.8. The molecule has 3 rings (SSSR count). The quantitative estimate of drug-likeness (QED) is 0.797. The van der Waals surface area contributed by atoms with Gasteiger partial charge in [0.2, 0.25) is 0 Å². The van der Waals surface area contributed by atoms with Crippen LogP contribution in [-0.4, -0.2) is 49.8 Å². The highest BCUT2D eigenvalue weighted by atomic mass is 16.5. The lowest BCUT2D eigenvalue weighted by atomic mass is 10.1. The third-order valence-corrected chi connectivity index (χ3v) is 4.02. The van der Waals surface area contributed by atoms with Gasteiger partial charge in [0, 0.05) is 37.1 Å². The molecule has 2 aliphatic heterocycles. The fraction of sp³-hybridized carbons (Fsp3) is 0.571. The Morgan fingerprint density at radius 1 is 1.17 bits per heavy atom. The number of hydrogen-bond donors (Lipinski definition) is 1. The Labute approximate surface area is 108 Å². The molecule has 0 radical (unpaired) electrons. The van der Waals surface area contributed by atoms with Crippen molar-refractivity contribution in [1.29, 1.82) is 0 Å². The first-order chi connectivity index (χ1) is 8.74. The van der Waals surface area contributed by atoms with Crippen LogP contribution in [0.15, 0.2) is 24.3 Å². The van der Waals surface area contributed by atoms with Crippen LogP contribution in [0.5, 0.6) is 0 Å². The van der Waals surface area contributed by atoms with Crippen molar-refractivity contribution in [3.05, 3.63) is 24.3 Å². The van der Waals surface area contributed by atoms with E-state index in [0.717, 1.165) is 38.5 Å². The summed E-state index contributed by atoms with van der Waals surface area (Å²) < 4.78 is 5.28. The summed E-state index contributed by atoms with van der Waals surface area (Å²) in [4.78, 5) is 5.03. The summed E-state index contributed by atoms with van der Waals surface area (Å²) in [6, 6.07) is 9.40. The van der Waals surface area contributed by atoms with Gasteiger partial charge in [-0.1, -0.05) is 0 Å². The van der Waals surface area contributed by atoms with Crippen molar-refractivity contribution < 1.29 is 4.74 Å². The van der Waals surface area contributed by atoms with Crippen molar-refractivity contribution in [3.8, 4) is 0 Å². The van der Waals surface area contributed by atoms with E-state index < -0.39 is 0 Å². The van der Waals surface area contributed by atoms with Gasteiger partial charge in [-0.15, -0.1) is 0 Å². The Morgan fingerprint density at radius 2 is 1.89 bits per heavy atom. The maximum Gasteiger partial charge on any atom is 0.0645 e. The molecular formula is C14H21N3O. The molecule has 4 heteroatoms. The SMILES string of the molecule is CC1CN(C2COC2)CCN1c1ccc(N)cc1. The summed E-state index contributed by atoms with van der Waals surface area (Å²) in [5, 5.41) is 0. The minimum atomic E-state index is 0.544. The van der Waals surface area contributed by atoms with Crippen LogP contribution in [0.1, 0.15) is 6.92 Å². The van der Waals surface area contributed by atoms with Crippen LogP contribution < -0.4 is 10.6 Å². The molecule has 0 bridgehead atoms. The van der Waals surface area contributed by atoms with Crippen molar-refractivity contribution >= 4 is 11.4 Å². The second-order valence-electron chi connectivity index (χ2n) is 5.32. The summed E-state index contributed by atoms with van der Waals surface area (Å²) in [7, 11) is 0. The van der Waals surface area contributed by atoms with Crippen molar-refractivity contribution in [2.75, 3.05) is 43.5 Å². The van der Waals surface area contributed by atoms with Crippen molar-refractivity contribution in [3.63, 3.8) is 0 Å². The van der Waals surface area contributed by atoms with Gasteiger partial charge in [-0.25, -0.2) is 0 Å². The zero-order chi connectivity index (χ0) is 12.5. The number of anilines is 2. The van der Waals surface area contributed by atoms with Crippen molar-refractivity contribution in [1.82, 2.24) is 4.90 Å². The molecule has 0 aliphatic carbocycles. The molecule has 0 spiro atoms. The monoisotopic (exact) mass is 247 g/mol. The lowest BCUT2D eigenvalue weighted by molar-refractivity contribution is -0.0691. The predicted molar refractivity (Wildman–Crippen MR) is 73.8 cm³/mol. The molecule has 1 aromatic carbocycles. The van der Waals surface area contributed by atoms with Crippen molar-refractivity contribution in [2.45, 2.75) is 19.0 Å². The van der Waals surface area contributed by atoms with Gasteiger partial charge in [-0.05, 0) is 31.2 Å². The second kappa shape index (κ2) is 4.78. The Hall–Kier alpha value is -1.26. The molecule has 1 unspecified atom stereocenters. The topological polar surface area (TPSA) is 41.7 Å². The van der Waals surface area contributed by atoms with E-state index in [9.17, 15) is 0 Å². The normalized spacial score (nSPS) is 26.1. The second-order valence-corrected chi connectivity index (χ2v) is 5.32. The standard InChI is InChI=1S/C14H21N3O/c1-11-8-16(14-9-18-10-14)6-7-17(11)13-4-2-12(15)3-5-13/h2-5,11,14H,6-10,15H2,1H3. The molecule has 1 atom stereocenters. The minimum absolute atomic E-state index is 0.544. The fourth-order valence-electron chi connectivity index (χ4n) is 2.80. The molecule has 18 heavy (non-hydrogen) atoms. The Kier molecular flexibility index (Phi) is 3.14. The molecule has 0 aromatic heterocycles. The molecule has 0 amide bonds. The molecule has 2 fully saturated rings. The molecule has 2 saturated heterocycles. The maximum atomic E-state index is 5.74. The van der Waals surface area contributed by atoms with E-state index in [1.54, 1.807) is 0 Å². The molecule has 0 saturated carbocycles.